The lowest BCUT2D eigenvalue weighted by Gasteiger charge is -1.96. The molecule has 6 N–H and O–H groups in total. The summed E-state index contributed by atoms with van der Waals surface area (Å²) >= 11 is 0. The highest BCUT2D eigenvalue weighted by Gasteiger charge is 1.93. The number of nitrogens with two attached hydrogens (primary N) is 1. The zero-order valence-electron chi connectivity index (χ0n) is 7.67. The van der Waals surface area contributed by atoms with Crippen molar-refractivity contribution in [3.05, 3.63) is 24.3 Å². The van der Waals surface area contributed by atoms with E-state index in [-0.39, 0.29) is 19.0 Å². The average molecular weight is 201 g/mol. The lowest BCUT2D eigenvalue weighted by Crippen LogP contribution is -2.15. The number of phenolic OH excluding ortho intramolecular Hbond substituents is 1. The van der Waals surface area contributed by atoms with Crippen molar-refractivity contribution < 1.29 is 20.4 Å². The first kappa shape index (κ1) is 12.7. The zero-order valence-corrected chi connectivity index (χ0v) is 7.67. The molecule has 1 aromatic carbocycles. The topological polar surface area (TPSA) is 107 Å². The highest BCUT2D eigenvalue weighted by molar-refractivity contribution is 5.50. The molecule has 0 aliphatic carbocycles. The number of nitrogen functional groups attached to an aromatic ring is 1. The predicted octanol–water partition coefficient (Wildman–Crippen LogP) is -0.694. The first-order valence-electron chi connectivity index (χ1n) is 4.05. The molecule has 0 saturated heterocycles. The Bertz CT molecular complexity index is 229. The number of aliphatic hydroxyl groups excluding tert-OH is 3. The molecule has 0 radical (unpaired) electrons. The highest BCUT2D eigenvalue weighted by atomic mass is 16.3. The average Bonchev–Trinajstić information content (AvgIpc) is 2.22. The van der Waals surface area contributed by atoms with E-state index in [1.165, 1.54) is 0 Å². The van der Waals surface area contributed by atoms with E-state index in [0.29, 0.717) is 5.69 Å². The lowest BCUT2D eigenvalue weighted by molar-refractivity contribution is 0.0450. The van der Waals surface area contributed by atoms with E-state index in [0.717, 1.165) is 0 Å². The van der Waals surface area contributed by atoms with Crippen LogP contribution in [-0.4, -0.2) is 39.7 Å². The minimum Gasteiger partial charge on any atom is -0.506 e. The Morgan fingerprint density at radius 1 is 1.14 bits per heavy atom. The first-order chi connectivity index (χ1) is 6.61. The van der Waals surface area contributed by atoms with Crippen LogP contribution in [0.15, 0.2) is 24.3 Å². The second-order valence-corrected chi connectivity index (χ2v) is 2.58. The molecule has 14 heavy (non-hydrogen) atoms. The molecule has 0 atom stereocenters. The summed E-state index contributed by atoms with van der Waals surface area (Å²) in [6.45, 7) is -0.729. The van der Waals surface area contributed by atoms with Crippen molar-refractivity contribution in [3.63, 3.8) is 0 Å². The molecule has 0 saturated carbocycles. The summed E-state index contributed by atoms with van der Waals surface area (Å²) in [5, 5.41) is 32.8. The van der Waals surface area contributed by atoms with Crippen LogP contribution >= 0.6 is 0 Å². The number of hydrogen-bond donors (Lipinski definition) is 5. The van der Waals surface area contributed by atoms with Gasteiger partial charge in [-0.2, -0.15) is 0 Å². The van der Waals surface area contributed by atoms with Gasteiger partial charge in [0, 0.05) is 0 Å². The van der Waals surface area contributed by atoms with Crippen LogP contribution in [-0.2, 0) is 0 Å². The molecular formula is C9H15NO4. The monoisotopic (exact) mass is 201 g/mol. The van der Waals surface area contributed by atoms with Gasteiger partial charge in [-0.25, -0.2) is 0 Å². The SMILES string of the molecule is Nc1ccccc1O.OCC(O)CO. The van der Waals surface area contributed by atoms with E-state index in [9.17, 15) is 0 Å². The summed E-state index contributed by atoms with van der Waals surface area (Å²) in [7, 11) is 0. The van der Waals surface area contributed by atoms with E-state index >= 15 is 0 Å². The number of hydrogen-bond acceptors (Lipinski definition) is 5. The van der Waals surface area contributed by atoms with Crippen LogP contribution in [0.4, 0.5) is 5.69 Å². The van der Waals surface area contributed by atoms with E-state index < -0.39 is 6.10 Å². The van der Waals surface area contributed by atoms with Crippen molar-refractivity contribution in [3.8, 4) is 5.75 Å². The molecule has 0 aromatic heterocycles. The van der Waals surface area contributed by atoms with Crippen LogP contribution in [0.5, 0.6) is 5.75 Å². The fourth-order valence-corrected chi connectivity index (χ4v) is 0.545. The normalized spacial score (nSPS) is 9.43. The van der Waals surface area contributed by atoms with Gasteiger partial charge in [0.2, 0.25) is 0 Å². The molecule has 0 aliphatic heterocycles. The summed E-state index contributed by atoms with van der Waals surface area (Å²) in [6, 6.07) is 6.70. The Hall–Kier alpha value is -1.30. The first-order valence-corrected chi connectivity index (χ1v) is 4.05. The van der Waals surface area contributed by atoms with Crippen LogP contribution in [0.3, 0.4) is 0 Å². The fraction of sp³-hybridized carbons (Fsp3) is 0.333. The van der Waals surface area contributed by atoms with Gasteiger partial charge in [-0.1, -0.05) is 12.1 Å². The maximum Gasteiger partial charge on any atom is 0.138 e. The van der Waals surface area contributed by atoms with Crippen molar-refractivity contribution in [1.29, 1.82) is 0 Å². The molecule has 0 aliphatic rings. The molecule has 5 heteroatoms. The molecule has 0 bridgehead atoms. The van der Waals surface area contributed by atoms with Crippen molar-refractivity contribution in [2.45, 2.75) is 6.10 Å². The van der Waals surface area contributed by atoms with Gasteiger partial charge in [-0.05, 0) is 12.1 Å². The second kappa shape index (κ2) is 7.14. The number of aliphatic hydroxyl groups is 3. The lowest BCUT2D eigenvalue weighted by atomic mass is 10.3. The largest absolute Gasteiger partial charge is 0.506 e. The molecule has 5 nitrogen and oxygen atoms in total. The third-order valence-electron chi connectivity index (χ3n) is 1.36. The maximum absolute atomic E-state index is 8.79. The molecular weight excluding hydrogens is 186 g/mol. The maximum atomic E-state index is 8.79. The van der Waals surface area contributed by atoms with E-state index in [2.05, 4.69) is 0 Å². The number of aromatic hydroxyl groups is 1. The van der Waals surface area contributed by atoms with Crippen molar-refractivity contribution >= 4 is 5.69 Å². The summed E-state index contributed by atoms with van der Waals surface area (Å²) in [5.41, 5.74) is 5.69. The standard InChI is InChI=1S/C6H7NO.C3H8O3/c7-5-3-1-2-4-6(5)8;4-1-3(6)2-5/h1-4,8H,7H2;3-6H,1-2H2. The van der Waals surface area contributed by atoms with Gasteiger partial charge in [0.25, 0.3) is 0 Å². The van der Waals surface area contributed by atoms with Crippen LogP contribution in [0.1, 0.15) is 0 Å². The van der Waals surface area contributed by atoms with Gasteiger partial charge < -0.3 is 26.2 Å². The summed E-state index contributed by atoms with van der Waals surface area (Å²) < 4.78 is 0. The Kier molecular flexibility index (Phi) is 6.47. The number of para-hydroxylation sites is 2. The van der Waals surface area contributed by atoms with E-state index in [4.69, 9.17) is 26.2 Å². The third-order valence-corrected chi connectivity index (χ3v) is 1.36. The summed E-state index contributed by atoms with van der Waals surface area (Å²) in [4.78, 5) is 0. The predicted molar refractivity (Wildman–Crippen MR) is 52.7 cm³/mol. The van der Waals surface area contributed by atoms with Crippen molar-refractivity contribution in [2.24, 2.45) is 0 Å². The Morgan fingerprint density at radius 3 is 1.86 bits per heavy atom. The molecule has 1 aromatic rings. The van der Waals surface area contributed by atoms with E-state index in [1.807, 2.05) is 0 Å². The van der Waals surface area contributed by atoms with Gasteiger partial charge in [-0.3, -0.25) is 0 Å². The quantitative estimate of drug-likeness (QED) is 0.321. The molecule has 80 valence electrons. The van der Waals surface area contributed by atoms with Gasteiger partial charge in [-0.15, -0.1) is 0 Å². The third kappa shape index (κ3) is 5.36. The number of phenols is 1. The minimum atomic E-state index is -0.954. The van der Waals surface area contributed by atoms with E-state index in [1.54, 1.807) is 24.3 Å². The number of rotatable bonds is 2. The van der Waals surface area contributed by atoms with Crippen LogP contribution in [0, 0.1) is 0 Å². The zero-order chi connectivity index (χ0) is 11.0. The van der Waals surface area contributed by atoms with Gasteiger partial charge in [0.05, 0.1) is 18.9 Å². The molecule has 1 rings (SSSR count). The Morgan fingerprint density at radius 2 is 1.64 bits per heavy atom. The Balaban J connectivity index is 0.000000255. The molecule has 0 amide bonds. The number of anilines is 1. The molecule has 0 unspecified atom stereocenters. The van der Waals surface area contributed by atoms with Crippen molar-refractivity contribution in [1.82, 2.24) is 0 Å². The number of benzene rings is 1. The van der Waals surface area contributed by atoms with Crippen LogP contribution < -0.4 is 5.73 Å². The molecule has 0 heterocycles. The molecule has 0 spiro atoms. The Labute approximate surface area is 82.0 Å². The van der Waals surface area contributed by atoms with Crippen LogP contribution in [0.25, 0.3) is 0 Å². The van der Waals surface area contributed by atoms with Crippen LogP contribution in [0.2, 0.25) is 0 Å². The fourth-order valence-electron chi connectivity index (χ4n) is 0.545. The molecule has 0 fully saturated rings. The summed E-state index contributed by atoms with van der Waals surface area (Å²) in [6.07, 6.45) is -0.954. The minimum absolute atomic E-state index is 0.146. The van der Waals surface area contributed by atoms with Crippen molar-refractivity contribution in [2.75, 3.05) is 18.9 Å². The van der Waals surface area contributed by atoms with Gasteiger partial charge in [0.15, 0.2) is 0 Å². The van der Waals surface area contributed by atoms with Gasteiger partial charge in [0.1, 0.15) is 11.9 Å². The highest BCUT2D eigenvalue weighted by Crippen LogP contribution is 2.16. The smallest absolute Gasteiger partial charge is 0.138 e. The van der Waals surface area contributed by atoms with Gasteiger partial charge >= 0.3 is 0 Å². The second-order valence-electron chi connectivity index (χ2n) is 2.58. The summed E-state index contributed by atoms with van der Waals surface area (Å²) in [5.74, 6) is 0.146.